The van der Waals surface area contributed by atoms with Crippen LogP contribution in [0.3, 0.4) is 0 Å². The Kier molecular flexibility index (Phi) is 4.27. The lowest BCUT2D eigenvalue weighted by Crippen LogP contribution is -2.13. The molecule has 0 fully saturated rings. The molecule has 2 rings (SSSR count). The third-order valence-corrected chi connectivity index (χ3v) is 3.05. The smallest absolute Gasteiger partial charge is 0.221 e. The summed E-state index contributed by atoms with van der Waals surface area (Å²) in [5.74, 6) is -0.444. The number of primary amides is 1. The van der Waals surface area contributed by atoms with Gasteiger partial charge in [-0.15, -0.1) is 0 Å². The topological polar surface area (TPSA) is 86.2 Å². The number of hydrogen-bond donors (Lipinski definition) is 2. The molecule has 0 atom stereocenters. The molecule has 0 saturated carbocycles. The second-order valence-electron chi connectivity index (χ2n) is 4.57. The molecule has 4 N–H and O–H groups in total. The minimum absolute atomic E-state index is 0.0563. The fourth-order valence-corrected chi connectivity index (χ4v) is 1.93. The maximum atomic E-state index is 12.3. The van der Waals surface area contributed by atoms with E-state index in [-0.39, 0.29) is 18.1 Å². The molecule has 0 unspecified atom stereocenters. The summed E-state index contributed by atoms with van der Waals surface area (Å²) in [6, 6.07) is 14.1. The van der Waals surface area contributed by atoms with E-state index >= 15 is 0 Å². The first-order valence-electron chi connectivity index (χ1n) is 6.31. The molecule has 0 aromatic heterocycles. The molecular formula is C16H16N2O2. The highest BCUT2D eigenvalue weighted by Crippen LogP contribution is 2.12. The number of carbonyl (C=O) groups is 2. The Balaban J connectivity index is 2.17. The maximum Gasteiger partial charge on any atom is 0.221 e. The number of rotatable bonds is 5. The van der Waals surface area contributed by atoms with Gasteiger partial charge in [-0.3, -0.25) is 9.59 Å². The summed E-state index contributed by atoms with van der Waals surface area (Å²) in [5, 5.41) is 0. The number of hydrogen-bond acceptors (Lipinski definition) is 3. The quantitative estimate of drug-likeness (QED) is 0.804. The molecule has 0 bridgehead atoms. The van der Waals surface area contributed by atoms with Crippen molar-refractivity contribution in [3.8, 4) is 0 Å². The van der Waals surface area contributed by atoms with E-state index in [1.54, 1.807) is 36.4 Å². The van der Waals surface area contributed by atoms with E-state index in [1.807, 2.05) is 12.1 Å². The average Bonchev–Trinajstić information content (AvgIpc) is 2.47. The molecular weight excluding hydrogens is 252 g/mol. The molecule has 2 aromatic carbocycles. The van der Waals surface area contributed by atoms with Crippen LogP contribution in [-0.4, -0.2) is 11.7 Å². The fourth-order valence-electron chi connectivity index (χ4n) is 1.93. The van der Waals surface area contributed by atoms with Crippen molar-refractivity contribution in [3.63, 3.8) is 0 Å². The summed E-state index contributed by atoms with van der Waals surface area (Å²) in [6.45, 7) is 0.455. The van der Waals surface area contributed by atoms with E-state index in [2.05, 4.69) is 0 Å². The van der Waals surface area contributed by atoms with Crippen LogP contribution in [0.25, 0.3) is 0 Å². The Morgan fingerprint density at radius 2 is 1.25 bits per heavy atom. The van der Waals surface area contributed by atoms with E-state index in [9.17, 15) is 9.59 Å². The highest BCUT2D eigenvalue weighted by Gasteiger charge is 2.09. The Bertz CT molecular complexity index is 616. The Morgan fingerprint density at radius 3 is 1.65 bits per heavy atom. The molecule has 0 heterocycles. The van der Waals surface area contributed by atoms with Crippen LogP contribution in [0.2, 0.25) is 0 Å². The van der Waals surface area contributed by atoms with Gasteiger partial charge < -0.3 is 11.5 Å². The summed E-state index contributed by atoms with van der Waals surface area (Å²) >= 11 is 0. The highest BCUT2D eigenvalue weighted by atomic mass is 16.1. The minimum Gasteiger partial charge on any atom is -0.369 e. The number of ketones is 1. The molecule has 4 nitrogen and oxygen atoms in total. The SMILES string of the molecule is NCc1ccc(C(=O)c2ccc(CC(N)=O)cc2)cc1. The van der Waals surface area contributed by atoms with Crippen molar-refractivity contribution in [2.24, 2.45) is 11.5 Å². The highest BCUT2D eigenvalue weighted by molar-refractivity contribution is 6.09. The normalized spacial score (nSPS) is 10.2. The lowest BCUT2D eigenvalue weighted by atomic mass is 10.0. The first-order chi connectivity index (χ1) is 9.60. The number of carbonyl (C=O) groups excluding carboxylic acids is 2. The number of benzene rings is 2. The van der Waals surface area contributed by atoms with E-state index in [1.165, 1.54) is 0 Å². The zero-order chi connectivity index (χ0) is 14.5. The van der Waals surface area contributed by atoms with Gasteiger partial charge in [-0.25, -0.2) is 0 Å². The first kappa shape index (κ1) is 14.0. The van der Waals surface area contributed by atoms with Crippen LogP contribution in [0.4, 0.5) is 0 Å². The number of amides is 1. The predicted octanol–water partition coefficient (Wildman–Crippen LogP) is 1.40. The Morgan fingerprint density at radius 1 is 0.800 bits per heavy atom. The van der Waals surface area contributed by atoms with Crippen molar-refractivity contribution in [1.29, 1.82) is 0 Å². The lowest BCUT2D eigenvalue weighted by molar-refractivity contribution is -0.117. The summed E-state index contributed by atoms with van der Waals surface area (Å²) < 4.78 is 0. The van der Waals surface area contributed by atoms with Crippen LogP contribution < -0.4 is 11.5 Å². The summed E-state index contributed by atoms with van der Waals surface area (Å²) in [7, 11) is 0. The minimum atomic E-state index is -0.388. The summed E-state index contributed by atoms with van der Waals surface area (Å²) in [6.07, 6.45) is 0.180. The van der Waals surface area contributed by atoms with Gasteiger partial charge in [0.2, 0.25) is 5.91 Å². The fraction of sp³-hybridized carbons (Fsp3) is 0.125. The zero-order valence-corrected chi connectivity index (χ0v) is 11.0. The largest absolute Gasteiger partial charge is 0.369 e. The van der Waals surface area contributed by atoms with Gasteiger partial charge in [0.1, 0.15) is 0 Å². The van der Waals surface area contributed by atoms with E-state index in [0.29, 0.717) is 17.7 Å². The third kappa shape index (κ3) is 3.30. The monoisotopic (exact) mass is 268 g/mol. The Hall–Kier alpha value is -2.46. The van der Waals surface area contributed by atoms with Gasteiger partial charge in [0, 0.05) is 17.7 Å². The van der Waals surface area contributed by atoms with Crippen LogP contribution in [0.15, 0.2) is 48.5 Å². The van der Waals surface area contributed by atoms with Gasteiger partial charge in [-0.1, -0.05) is 48.5 Å². The molecule has 102 valence electrons. The van der Waals surface area contributed by atoms with Crippen molar-refractivity contribution in [1.82, 2.24) is 0 Å². The van der Waals surface area contributed by atoms with Crippen molar-refractivity contribution in [3.05, 3.63) is 70.8 Å². The maximum absolute atomic E-state index is 12.3. The second kappa shape index (κ2) is 6.12. The van der Waals surface area contributed by atoms with Crippen LogP contribution in [0, 0.1) is 0 Å². The van der Waals surface area contributed by atoms with Gasteiger partial charge in [0.15, 0.2) is 5.78 Å². The number of nitrogens with two attached hydrogens (primary N) is 2. The van der Waals surface area contributed by atoms with Crippen molar-refractivity contribution < 1.29 is 9.59 Å². The molecule has 0 radical (unpaired) electrons. The zero-order valence-electron chi connectivity index (χ0n) is 11.0. The molecule has 1 amide bonds. The molecule has 0 saturated heterocycles. The molecule has 0 aliphatic carbocycles. The van der Waals surface area contributed by atoms with Gasteiger partial charge in [-0.05, 0) is 11.1 Å². The second-order valence-corrected chi connectivity index (χ2v) is 4.57. The molecule has 20 heavy (non-hydrogen) atoms. The summed E-state index contributed by atoms with van der Waals surface area (Å²) in [4.78, 5) is 23.1. The van der Waals surface area contributed by atoms with Crippen molar-refractivity contribution in [2.75, 3.05) is 0 Å². The van der Waals surface area contributed by atoms with Crippen LogP contribution in [0.1, 0.15) is 27.0 Å². The van der Waals surface area contributed by atoms with Gasteiger partial charge in [-0.2, -0.15) is 0 Å². The van der Waals surface area contributed by atoms with E-state index in [0.717, 1.165) is 11.1 Å². The molecule has 0 aliphatic rings. The predicted molar refractivity (Wildman–Crippen MR) is 77.1 cm³/mol. The third-order valence-electron chi connectivity index (χ3n) is 3.05. The lowest BCUT2D eigenvalue weighted by Gasteiger charge is -2.04. The van der Waals surface area contributed by atoms with Crippen LogP contribution >= 0.6 is 0 Å². The molecule has 4 heteroatoms. The average molecular weight is 268 g/mol. The van der Waals surface area contributed by atoms with Crippen LogP contribution in [0.5, 0.6) is 0 Å². The van der Waals surface area contributed by atoms with E-state index in [4.69, 9.17) is 11.5 Å². The molecule has 2 aromatic rings. The van der Waals surface area contributed by atoms with E-state index < -0.39 is 0 Å². The summed E-state index contributed by atoms with van der Waals surface area (Å²) in [5.41, 5.74) is 13.6. The van der Waals surface area contributed by atoms with Gasteiger partial charge in [0.25, 0.3) is 0 Å². The molecule has 0 aliphatic heterocycles. The van der Waals surface area contributed by atoms with Gasteiger partial charge >= 0.3 is 0 Å². The first-order valence-corrected chi connectivity index (χ1v) is 6.31. The molecule has 0 spiro atoms. The van der Waals surface area contributed by atoms with Gasteiger partial charge in [0.05, 0.1) is 6.42 Å². The van der Waals surface area contributed by atoms with Crippen LogP contribution in [-0.2, 0) is 17.8 Å². The standard InChI is InChI=1S/C16H16N2O2/c17-10-12-3-7-14(8-4-12)16(20)13-5-1-11(2-6-13)9-15(18)19/h1-8H,9-10,17H2,(H2,18,19). The Labute approximate surface area is 117 Å². The van der Waals surface area contributed by atoms with Crippen molar-refractivity contribution in [2.45, 2.75) is 13.0 Å². The van der Waals surface area contributed by atoms with Crippen molar-refractivity contribution >= 4 is 11.7 Å².